The van der Waals surface area contributed by atoms with Gasteiger partial charge in [0.15, 0.2) is 0 Å². The average molecular weight is 265 g/mol. The Morgan fingerprint density at radius 1 is 0.850 bits per heavy atom. The van der Waals surface area contributed by atoms with Crippen molar-refractivity contribution in [1.82, 2.24) is 15.0 Å². The number of rotatable bonds is 2. The molecule has 0 spiro atoms. The van der Waals surface area contributed by atoms with Crippen molar-refractivity contribution in [2.45, 2.75) is 32.7 Å². The number of aromatic nitrogens is 3. The van der Waals surface area contributed by atoms with E-state index in [9.17, 15) is 0 Å². The molecule has 0 atom stereocenters. The predicted molar refractivity (Wildman–Crippen MR) is 81.8 cm³/mol. The van der Waals surface area contributed by atoms with E-state index in [1.54, 1.807) is 4.80 Å². The van der Waals surface area contributed by atoms with Crippen molar-refractivity contribution in [3.63, 3.8) is 0 Å². The van der Waals surface area contributed by atoms with E-state index < -0.39 is 0 Å². The molecule has 0 bridgehead atoms. The van der Waals surface area contributed by atoms with E-state index in [2.05, 4.69) is 55.2 Å². The molecule has 20 heavy (non-hydrogen) atoms. The van der Waals surface area contributed by atoms with Gasteiger partial charge in [0.2, 0.25) is 0 Å². The Bertz CT molecular complexity index is 685. The van der Waals surface area contributed by atoms with Gasteiger partial charge in [-0.05, 0) is 28.7 Å². The van der Waals surface area contributed by atoms with Crippen molar-refractivity contribution >= 4 is 11.0 Å². The minimum atomic E-state index is 0.192. The topological polar surface area (TPSA) is 30.7 Å². The summed E-state index contributed by atoms with van der Waals surface area (Å²) in [6.45, 7) is 7.39. The summed E-state index contributed by atoms with van der Waals surface area (Å²) in [7, 11) is 0. The average Bonchev–Trinajstić information content (AvgIpc) is 2.80. The molecule has 0 saturated carbocycles. The van der Waals surface area contributed by atoms with Crippen LogP contribution in [-0.4, -0.2) is 15.0 Å². The van der Waals surface area contributed by atoms with Gasteiger partial charge >= 0.3 is 0 Å². The zero-order chi connectivity index (χ0) is 14.2. The van der Waals surface area contributed by atoms with E-state index in [1.165, 1.54) is 11.1 Å². The van der Waals surface area contributed by atoms with Gasteiger partial charge in [-0.15, -0.1) is 0 Å². The molecule has 1 heterocycles. The van der Waals surface area contributed by atoms with Crippen molar-refractivity contribution in [2.75, 3.05) is 0 Å². The number of fused-ring (bicyclic) bond motifs is 1. The fourth-order valence-electron chi connectivity index (χ4n) is 2.25. The van der Waals surface area contributed by atoms with Crippen LogP contribution < -0.4 is 0 Å². The molecule has 0 saturated heterocycles. The van der Waals surface area contributed by atoms with Gasteiger partial charge in [-0.1, -0.05) is 57.2 Å². The molecule has 3 heteroatoms. The number of benzene rings is 2. The smallest absolute Gasteiger partial charge is 0.113 e. The minimum absolute atomic E-state index is 0.192. The van der Waals surface area contributed by atoms with Crippen LogP contribution in [0.15, 0.2) is 48.5 Å². The van der Waals surface area contributed by atoms with Gasteiger partial charge in [-0.25, -0.2) is 0 Å². The third-order valence-electron chi connectivity index (χ3n) is 3.47. The van der Waals surface area contributed by atoms with Gasteiger partial charge in [-0.3, -0.25) is 0 Å². The molecule has 3 aromatic rings. The Hall–Kier alpha value is -2.16. The second kappa shape index (κ2) is 4.75. The molecule has 2 aromatic carbocycles. The van der Waals surface area contributed by atoms with Gasteiger partial charge in [-0.2, -0.15) is 15.0 Å². The quantitative estimate of drug-likeness (QED) is 0.706. The third-order valence-corrected chi connectivity index (χ3v) is 3.47. The molecule has 0 radical (unpaired) electrons. The van der Waals surface area contributed by atoms with Crippen LogP contribution in [0.2, 0.25) is 0 Å². The Kier molecular flexibility index (Phi) is 3.05. The van der Waals surface area contributed by atoms with Crippen molar-refractivity contribution in [1.29, 1.82) is 0 Å². The Labute approximate surface area is 119 Å². The first kappa shape index (κ1) is 12.9. The highest BCUT2D eigenvalue weighted by Gasteiger charge is 2.13. The molecule has 0 aliphatic rings. The summed E-state index contributed by atoms with van der Waals surface area (Å²) >= 11 is 0. The molecule has 0 fully saturated rings. The molecule has 1 aromatic heterocycles. The minimum Gasteiger partial charge on any atom is -0.179 e. The predicted octanol–water partition coefficient (Wildman–Crippen LogP) is 3.78. The van der Waals surface area contributed by atoms with E-state index in [1.807, 2.05) is 24.3 Å². The summed E-state index contributed by atoms with van der Waals surface area (Å²) < 4.78 is 0. The molecule has 0 aliphatic heterocycles. The monoisotopic (exact) mass is 265 g/mol. The van der Waals surface area contributed by atoms with E-state index in [-0.39, 0.29) is 5.41 Å². The SMILES string of the molecule is CC(C)(C)c1ccc(Cn2nc3ccccc3n2)cc1. The number of hydrogen-bond acceptors (Lipinski definition) is 2. The molecular weight excluding hydrogens is 246 g/mol. The lowest BCUT2D eigenvalue weighted by Gasteiger charge is -2.19. The maximum absolute atomic E-state index is 4.48. The van der Waals surface area contributed by atoms with Gasteiger partial charge < -0.3 is 0 Å². The Morgan fingerprint density at radius 3 is 1.90 bits per heavy atom. The fourth-order valence-corrected chi connectivity index (χ4v) is 2.25. The van der Waals surface area contributed by atoms with Gasteiger partial charge in [0, 0.05) is 0 Å². The van der Waals surface area contributed by atoms with Crippen LogP contribution in [0.25, 0.3) is 11.0 Å². The molecule has 0 amide bonds. The van der Waals surface area contributed by atoms with Crippen LogP contribution >= 0.6 is 0 Å². The highest BCUT2D eigenvalue weighted by molar-refractivity contribution is 5.72. The van der Waals surface area contributed by atoms with Crippen LogP contribution in [0.5, 0.6) is 0 Å². The van der Waals surface area contributed by atoms with Crippen molar-refractivity contribution in [2.24, 2.45) is 0 Å². The fraction of sp³-hybridized carbons (Fsp3) is 0.294. The van der Waals surface area contributed by atoms with Crippen molar-refractivity contribution in [3.05, 3.63) is 59.7 Å². The second-order valence-electron chi connectivity index (χ2n) is 6.17. The maximum Gasteiger partial charge on any atom is 0.113 e. The molecular formula is C17H19N3. The molecule has 0 unspecified atom stereocenters. The molecule has 102 valence electrons. The lowest BCUT2D eigenvalue weighted by atomic mass is 9.87. The Balaban J connectivity index is 1.84. The van der Waals surface area contributed by atoms with Crippen LogP contribution in [0, 0.1) is 0 Å². The van der Waals surface area contributed by atoms with Crippen LogP contribution in [0.3, 0.4) is 0 Å². The molecule has 3 nitrogen and oxygen atoms in total. The summed E-state index contributed by atoms with van der Waals surface area (Å²) in [6.07, 6.45) is 0. The first-order chi connectivity index (χ1) is 9.52. The summed E-state index contributed by atoms with van der Waals surface area (Å²) in [5.41, 5.74) is 4.65. The lowest BCUT2D eigenvalue weighted by Crippen LogP contribution is -2.11. The summed E-state index contributed by atoms with van der Waals surface area (Å²) in [5, 5.41) is 8.97. The normalized spacial score (nSPS) is 11.9. The van der Waals surface area contributed by atoms with E-state index in [0.717, 1.165) is 11.0 Å². The van der Waals surface area contributed by atoms with E-state index in [4.69, 9.17) is 0 Å². The summed E-state index contributed by atoms with van der Waals surface area (Å²) in [4.78, 5) is 1.76. The molecule has 0 N–H and O–H groups in total. The standard InChI is InChI=1S/C17H19N3/c1-17(2,3)14-10-8-13(9-11-14)12-20-18-15-6-4-5-7-16(15)19-20/h4-11H,12H2,1-3H3. The van der Waals surface area contributed by atoms with Crippen molar-refractivity contribution < 1.29 is 0 Å². The summed E-state index contributed by atoms with van der Waals surface area (Å²) in [5.74, 6) is 0. The van der Waals surface area contributed by atoms with Crippen LogP contribution in [-0.2, 0) is 12.0 Å². The molecule has 0 aliphatic carbocycles. The Morgan fingerprint density at radius 2 is 1.40 bits per heavy atom. The van der Waals surface area contributed by atoms with E-state index >= 15 is 0 Å². The lowest BCUT2D eigenvalue weighted by molar-refractivity contribution is 0.585. The highest BCUT2D eigenvalue weighted by Crippen LogP contribution is 2.22. The summed E-state index contributed by atoms with van der Waals surface area (Å²) in [6, 6.07) is 16.7. The van der Waals surface area contributed by atoms with Crippen LogP contribution in [0.1, 0.15) is 31.9 Å². The number of hydrogen-bond donors (Lipinski definition) is 0. The molecule has 3 rings (SSSR count). The van der Waals surface area contributed by atoms with Crippen LogP contribution in [0.4, 0.5) is 0 Å². The zero-order valence-electron chi connectivity index (χ0n) is 12.2. The third kappa shape index (κ3) is 2.57. The van der Waals surface area contributed by atoms with E-state index in [0.29, 0.717) is 6.54 Å². The zero-order valence-corrected chi connectivity index (χ0v) is 12.2. The van der Waals surface area contributed by atoms with Gasteiger partial charge in [0.25, 0.3) is 0 Å². The maximum atomic E-state index is 4.48. The van der Waals surface area contributed by atoms with Gasteiger partial charge in [0.05, 0.1) is 6.54 Å². The number of nitrogens with zero attached hydrogens (tertiary/aromatic N) is 3. The van der Waals surface area contributed by atoms with Gasteiger partial charge in [0.1, 0.15) is 11.0 Å². The first-order valence-electron chi connectivity index (χ1n) is 6.92. The first-order valence-corrected chi connectivity index (χ1v) is 6.92. The largest absolute Gasteiger partial charge is 0.179 e. The van der Waals surface area contributed by atoms with Crippen molar-refractivity contribution in [3.8, 4) is 0 Å². The highest BCUT2D eigenvalue weighted by atomic mass is 15.5. The second-order valence-corrected chi connectivity index (χ2v) is 6.17.